The van der Waals surface area contributed by atoms with Gasteiger partial charge in [-0.15, -0.1) is 0 Å². The van der Waals surface area contributed by atoms with Gasteiger partial charge in [-0.25, -0.2) is 15.0 Å². The number of hydrogen-bond acceptors (Lipinski definition) is 4. The highest BCUT2D eigenvalue weighted by Crippen LogP contribution is 2.27. The largest absolute Gasteiger partial charge is 0.507 e. The Morgan fingerprint density at radius 1 is 1.11 bits per heavy atom. The summed E-state index contributed by atoms with van der Waals surface area (Å²) in [6, 6.07) is 7.08. The third kappa shape index (κ3) is 3.28. The van der Waals surface area contributed by atoms with Crippen LogP contribution in [-0.2, 0) is 0 Å². The highest BCUT2D eigenvalue weighted by Gasteiger charge is 2.13. The molecule has 2 rings (SSSR count). The van der Waals surface area contributed by atoms with Crippen LogP contribution in [0.25, 0.3) is 11.4 Å². The lowest BCUT2D eigenvalue weighted by Crippen LogP contribution is -2.06. The van der Waals surface area contributed by atoms with Gasteiger partial charge in [0.15, 0.2) is 5.82 Å². The first-order chi connectivity index (χ1) is 9.08. The van der Waals surface area contributed by atoms with Crippen LogP contribution < -0.4 is 0 Å². The lowest BCUT2D eigenvalue weighted by molar-refractivity contribution is 0.476. The minimum Gasteiger partial charge on any atom is -0.507 e. The maximum absolute atomic E-state index is 9.84. The zero-order valence-electron chi connectivity index (χ0n) is 11.5. The van der Waals surface area contributed by atoms with Crippen molar-refractivity contribution < 1.29 is 5.11 Å². The molecule has 1 atom stereocenters. The van der Waals surface area contributed by atoms with E-state index in [0.29, 0.717) is 17.3 Å². The second-order valence-corrected chi connectivity index (χ2v) is 5.22. The van der Waals surface area contributed by atoms with Gasteiger partial charge in [-0.3, -0.25) is 0 Å². The van der Waals surface area contributed by atoms with Crippen LogP contribution in [0.1, 0.15) is 38.9 Å². The van der Waals surface area contributed by atoms with Gasteiger partial charge in [0.2, 0.25) is 0 Å². The molecule has 1 N–H and O–H groups in total. The summed E-state index contributed by atoms with van der Waals surface area (Å²) < 4.78 is 0. The minimum absolute atomic E-state index is 0.191. The molecule has 0 spiro atoms. The first-order valence-electron chi connectivity index (χ1n) is 6.55. The molecule has 0 amide bonds. The second kappa shape index (κ2) is 5.78. The molecule has 0 fully saturated rings. The molecule has 4 nitrogen and oxygen atoms in total. The lowest BCUT2D eigenvalue weighted by atomic mass is 9.98. The molecule has 0 bridgehead atoms. The quantitative estimate of drug-likeness (QED) is 0.912. The van der Waals surface area contributed by atoms with Gasteiger partial charge in [-0.05, 0) is 24.5 Å². The standard InChI is InChI=1S/C15H19N3O/c1-10(2)8-11(3)14-16-9-17-15(18-14)12-6-4-5-7-13(12)19/h4-7,9-11,19H,8H2,1-3H3. The first-order valence-corrected chi connectivity index (χ1v) is 6.55. The Kier molecular flexibility index (Phi) is 4.10. The molecular weight excluding hydrogens is 238 g/mol. The van der Waals surface area contributed by atoms with Gasteiger partial charge in [0.25, 0.3) is 0 Å². The maximum Gasteiger partial charge on any atom is 0.166 e. The Morgan fingerprint density at radius 3 is 2.53 bits per heavy atom. The zero-order chi connectivity index (χ0) is 13.8. The summed E-state index contributed by atoms with van der Waals surface area (Å²) in [6.07, 6.45) is 2.55. The normalized spacial score (nSPS) is 12.6. The molecule has 1 heterocycles. The molecule has 19 heavy (non-hydrogen) atoms. The highest BCUT2D eigenvalue weighted by molar-refractivity contribution is 5.62. The minimum atomic E-state index is 0.191. The average molecular weight is 257 g/mol. The van der Waals surface area contributed by atoms with Crippen LogP contribution in [0.5, 0.6) is 5.75 Å². The summed E-state index contributed by atoms with van der Waals surface area (Å²) in [5, 5.41) is 9.84. The Morgan fingerprint density at radius 2 is 1.84 bits per heavy atom. The smallest absolute Gasteiger partial charge is 0.166 e. The van der Waals surface area contributed by atoms with E-state index in [1.165, 1.54) is 6.33 Å². The van der Waals surface area contributed by atoms with Crippen LogP contribution in [-0.4, -0.2) is 20.1 Å². The topological polar surface area (TPSA) is 58.9 Å². The molecule has 0 saturated heterocycles. The fourth-order valence-electron chi connectivity index (χ4n) is 2.15. The van der Waals surface area contributed by atoms with Crippen LogP contribution in [0.15, 0.2) is 30.6 Å². The molecule has 100 valence electrons. The first kappa shape index (κ1) is 13.5. The molecular formula is C15H19N3O. The Balaban J connectivity index is 2.32. The summed E-state index contributed by atoms with van der Waals surface area (Å²) in [5.41, 5.74) is 0.642. The van der Waals surface area contributed by atoms with Gasteiger partial charge >= 0.3 is 0 Å². The van der Waals surface area contributed by atoms with Crippen LogP contribution in [0.4, 0.5) is 0 Å². The summed E-state index contributed by atoms with van der Waals surface area (Å²) in [7, 11) is 0. The number of rotatable bonds is 4. The van der Waals surface area contributed by atoms with Gasteiger partial charge in [-0.1, -0.05) is 32.9 Å². The Hall–Kier alpha value is -1.97. The summed E-state index contributed by atoms with van der Waals surface area (Å²) in [6.45, 7) is 6.48. The number of nitrogens with zero attached hydrogens (tertiary/aromatic N) is 3. The van der Waals surface area contributed by atoms with Crippen molar-refractivity contribution in [3.8, 4) is 17.1 Å². The fraction of sp³-hybridized carbons (Fsp3) is 0.400. The molecule has 4 heteroatoms. The fourth-order valence-corrected chi connectivity index (χ4v) is 2.15. The number of para-hydroxylation sites is 1. The third-order valence-electron chi connectivity index (χ3n) is 3.00. The molecule has 2 aromatic rings. The van der Waals surface area contributed by atoms with E-state index in [2.05, 4.69) is 35.7 Å². The SMILES string of the molecule is CC(C)CC(C)c1ncnc(-c2ccccc2O)n1. The molecule has 1 aromatic heterocycles. The van der Waals surface area contributed by atoms with Crippen molar-refractivity contribution in [2.24, 2.45) is 5.92 Å². The predicted molar refractivity (Wildman–Crippen MR) is 74.8 cm³/mol. The number of phenols is 1. The number of aromatic hydroxyl groups is 1. The van der Waals surface area contributed by atoms with Crippen LogP contribution in [0.3, 0.4) is 0 Å². The van der Waals surface area contributed by atoms with Crippen molar-refractivity contribution in [3.63, 3.8) is 0 Å². The molecule has 0 aliphatic rings. The van der Waals surface area contributed by atoms with Crippen molar-refractivity contribution in [2.75, 3.05) is 0 Å². The van der Waals surface area contributed by atoms with Crippen molar-refractivity contribution in [3.05, 3.63) is 36.4 Å². The van der Waals surface area contributed by atoms with Crippen LogP contribution in [0.2, 0.25) is 0 Å². The van der Waals surface area contributed by atoms with Crippen molar-refractivity contribution in [1.29, 1.82) is 0 Å². The summed E-state index contributed by atoms with van der Waals surface area (Å²) in [5.74, 6) is 2.38. The molecule has 1 unspecified atom stereocenters. The van der Waals surface area contributed by atoms with E-state index in [1.807, 2.05) is 12.1 Å². The average Bonchev–Trinajstić information content (AvgIpc) is 2.38. The van der Waals surface area contributed by atoms with Gasteiger partial charge in [0, 0.05) is 5.92 Å². The van der Waals surface area contributed by atoms with Gasteiger partial charge in [0.1, 0.15) is 17.9 Å². The van der Waals surface area contributed by atoms with Gasteiger partial charge in [0.05, 0.1) is 5.56 Å². The van der Waals surface area contributed by atoms with E-state index < -0.39 is 0 Å². The Labute approximate surface area is 113 Å². The van der Waals surface area contributed by atoms with Crippen molar-refractivity contribution >= 4 is 0 Å². The van der Waals surface area contributed by atoms with E-state index in [0.717, 1.165) is 12.2 Å². The second-order valence-electron chi connectivity index (χ2n) is 5.22. The van der Waals surface area contributed by atoms with Crippen LogP contribution in [0, 0.1) is 5.92 Å². The third-order valence-corrected chi connectivity index (χ3v) is 3.00. The number of hydrogen-bond donors (Lipinski definition) is 1. The van der Waals surface area contributed by atoms with E-state index >= 15 is 0 Å². The molecule has 0 aliphatic carbocycles. The van der Waals surface area contributed by atoms with Gasteiger partial charge < -0.3 is 5.11 Å². The highest BCUT2D eigenvalue weighted by atomic mass is 16.3. The Bertz CT molecular complexity index is 555. The van der Waals surface area contributed by atoms with Crippen LogP contribution >= 0.6 is 0 Å². The van der Waals surface area contributed by atoms with E-state index in [4.69, 9.17) is 0 Å². The number of aromatic nitrogens is 3. The van der Waals surface area contributed by atoms with Gasteiger partial charge in [-0.2, -0.15) is 0 Å². The zero-order valence-corrected chi connectivity index (χ0v) is 11.5. The van der Waals surface area contributed by atoms with Crippen molar-refractivity contribution in [1.82, 2.24) is 15.0 Å². The van der Waals surface area contributed by atoms with E-state index in [9.17, 15) is 5.11 Å². The number of phenolic OH excluding ortho intramolecular Hbond substituents is 1. The number of benzene rings is 1. The lowest BCUT2D eigenvalue weighted by Gasteiger charge is -2.13. The van der Waals surface area contributed by atoms with E-state index in [-0.39, 0.29) is 11.7 Å². The summed E-state index contributed by atoms with van der Waals surface area (Å²) >= 11 is 0. The monoisotopic (exact) mass is 257 g/mol. The molecule has 0 radical (unpaired) electrons. The molecule has 0 aliphatic heterocycles. The van der Waals surface area contributed by atoms with E-state index in [1.54, 1.807) is 12.1 Å². The predicted octanol–water partition coefficient (Wildman–Crippen LogP) is 3.39. The molecule has 0 saturated carbocycles. The maximum atomic E-state index is 9.84. The van der Waals surface area contributed by atoms with Crippen molar-refractivity contribution in [2.45, 2.75) is 33.1 Å². The molecule has 1 aromatic carbocycles. The summed E-state index contributed by atoms with van der Waals surface area (Å²) in [4.78, 5) is 12.9.